The lowest BCUT2D eigenvalue weighted by Gasteiger charge is -2.16. The van der Waals surface area contributed by atoms with Crippen molar-refractivity contribution in [1.29, 1.82) is 0 Å². The van der Waals surface area contributed by atoms with Gasteiger partial charge in [-0.3, -0.25) is 19.1 Å². The molecule has 25 heavy (non-hydrogen) atoms. The van der Waals surface area contributed by atoms with Crippen LogP contribution in [-0.2, 0) is 4.74 Å². The molecule has 2 heterocycles. The first kappa shape index (κ1) is 17.8. The molecule has 2 aromatic rings. The minimum absolute atomic E-state index is 0.112. The first-order valence-corrected chi connectivity index (χ1v) is 8.71. The molecule has 1 aliphatic heterocycles. The van der Waals surface area contributed by atoms with Crippen LogP contribution in [0.1, 0.15) is 23.0 Å². The molecule has 1 aromatic heterocycles. The second-order valence-electron chi connectivity index (χ2n) is 5.65. The lowest BCUT2D eigenvalue weighted by molar-refractivity contribution is -0.0187. The minimum Gasteiger partial charge on any atom is -0.390 e. The average molecular weight is 457 g/mol. The zero-order valence-electron chi connectivity index (χ0n) is 13.0. The van der Waals surface area contributed by atoms with Gasteiger partial charge in [-0.25, -0.2) is 4.79 Å². The number of aromatic nitrogens is 2. The number of ether oxygens (including phenoxy) is 1. The van der Waals surface area contributed by atoms with E-state index < -0.39 is 29.7 Å². The van der Waals surface area contributed by atoms with Crippen molar-refractivity contribution in [1.82, 2.24) is 14.9 Å². The van der Waals surface area contributed by atoms with E-state index in [1.54, 1.807) is 24.3 Å². The Morgan fingerprint density at radius 2 is 2.08 bits per heavy atom. The van der Waals surface area contributed by atoms with Crippen LogP contribution < -0.4 is 16.6 Å². The van der Waals surface area contributed by atoms with Crippen LogP contribution in [0.4, 0.5) is 0 Å². The van der Waals surface area contributed by atoms with Crippen LogP contribution in [0, 0.1) is 3.57 Å². The topological polar surface area (TPSA) is 113 Å². The highest BCUT2D eigenvalue weighted by molar-refractivity contribution is 14.1. The van der Waals surface area contributed by atoms with Gasteiger partial charge in [0.2, 0.25) is 0 Å². The van der Waals surface area contributed by atoms with Crippen molar-refractivity contribution >= 4 is 28.5 Å². The van der Waals surface area contributed by atoms with Crippen molar-refractivity contribution in [2.45, 2.75) is 24.9 Å². The van der Waals surface area contributed by atoms with Gasteiger partial charge in [0.15, 0.2) is 0 Å². The number of rotatable bonds is 4. The number of nitrogens with zero attached hydrogens (tertiary/aromatic N) is 1. The van der Waals surface area contributed by atoms with E-state index in [-0.39, 0.29) is 18.9 Å². The summed E-state index contributed by atoms with van der Waals surface area (Å²) in [4.78, 5) is 37.6. The molecule has 3 atom stereocenters. The number of amides is 1. The predicted octanol–water partition coefficient (Wildman–Crippen LogP) is 0.220. The van der Waals surface area contributed by atoms with E-state index in [0.717, 1.165) is 0 Å². The molecule has 3 rings (SSSR count). The summed E-state index contributed by atoms with van der Waals surface area (Å²) in [6.07, 6.45) is -0.601. The van der Waals surface area contributed by atoms with E-state index in [4.69, 9.17) is 4.74 Å². The summed E-state index contributed by atoms with van der Waals surface area (Å²) in [5.41, 5.74) is -0.554. The third-order valence-electron chi connectivity index (χ3n) is 3.94. The van der Waals surface area contributed by atoms with Crippen molar-refractivity contribution in [2.75, 3.05) is 6.54 Å². The van der Waals surface area contributed by atoms with Gasteiger partial charge in [-0.05, 0) is 34.7 Å². The molecule has 1 saturated heterocycles. The largest absolute Gasteiger partial charge is 0.390 e. The summed E-state index contributed by atoms with van der Waals surface area (Å²) in [5, 5.41) is 12.9. The van der Waals surface area contributed by atoms with E-state index in [9.17, 15) is 19.5 Å². The average Bonchev–Trinajstić information content (AvgIpc) is 2.97. The Morgan fingerprint density at radius 1 is 1.36 bits per heavy atom. The smallest absolute Gasteiger partial charge is 0.330 e. The standard InChI is InChI=1S/C16H16IN3O5/c17-10-8-20(16(24)19-15(10)23)13-6-11(21)12(25-13)7-18-14(22)9-4-2-1-3-5-9/h1-5,8,11-13,21H,6-7H2,(H,18,22)(H,19,23,24)/t11-,12+,13+/m0/s1. The van der Waals surface area contributed by atoms with Crippen LogP contribution in [-0.4, -0.2) is 39.3 Å². The lowest BCUT2D eigenvalue weighted by Crippen LogP contribution is -2.37. The van der Waals surface area contributed by atoms with E-state index in [0.29, 0.717) is 9.13 Å². The third kappa shape index (κ3) is 3.99. The van der Waals surface area contributed by atoms with Crippen LogP contribution in [0.2, 0.25) is 0 Å². The summed E-state index contributed by atoms with van der Waals surface area (Å²) in [5.74, 6) is -0.268. The van der Waals surface area contributed by atoms with Gasteiger partial charge in [-0.15, -0.1) is 0 Å². The molecular formula is C16H16IN3O5. The van der Waals surface area contributed by atoms with Gasteiger partial charge in [0.05, 0.1) is 9.67 Å². The molecule has 1 aliphatic rings. The van der Waals surface area contributed by atoms with Crippen molar-refractivity contribution in [3.05, 3.63) is 66.5 Å². The SMILES string of the molecule is O=C(NC[C@H]1O[C@@H](n2cc(I)c(=O)[nH]c2=O)C[C@@H]1O)c1ccccc1. The van der Waals surface area contributed by atoms with Crippen LogP contribution in [0.5, 0.6) is 0 Å². The monoisotopic (exact) mass is 457 g/mol. The van der Waals surface area contributed by atoms with Gasteiger partial charge >= 0.3 is 5.69 Å². The molecule has 132 valence electrons. The number of aromatic amines is 1. The number of hydrogen-bond donors (Lipinski definition) is 3. The molecule has 1 amide bonds. The number of halogens is 1. The number of carbonyl (C=O) groups is 1. The number of aliphatic hydroxyl groups is 1. The molecule has 9 heteroatoms. The van der Waals surface area contributed by atoms with Gasteiger partial charge in [0.25, 0.3) is 11.5 Å². The first-order chi connectivity index (χ1) is 12.0. The van der Waals surface area contributed by atoms with Crippen molar-refractivity contribution in [3.63, 3.8) is 0 Å². The molecule has 1 aromatic carbocycles. The second-order valence-corrected chi connectivity index (χ2v) is 6.81. The summed E-state index contributed by atoms with van der Waals surface area (Å²) in [7, 11) is 0. The normalized spacial score (nSPS) is 22.7. The van der Waals surface area contributed by atoms with Crippen LogP contribution in [0.25, 0.3) is 0 Å². The summed E-state index contributed by atoms with van der Waals surface area (Å²) in [6.45, 7) is 0.112. The Labute approximate surface area is 156 Å². The van der Waals surface area contributed by atoms with Gasteiger partial charge in [-0.1, -0.05) is 18.2 Å². The van der Waals surface area contributed by atoms with Crippen LogP contribution >= 0.6 is 22.6 Å². The zero-order chi connectivity index (χ0) is 18.0. The van der Waals surface area contributed by atoms with Crippen molar-refractivity contribution in [3.8, 4) is 0 Å². The highest BCUT2D eigenvalue weighted by atomic mass is 127. The molecule has 0 unspecified atom stereocenters. The highest BCUT2D eigenvalue weighted by Crippen LogP contribution is 2.27. The van der Waals surface area contributed by atoms with Crippen molar-refractivity contribution in [2.24, 2.45) is 0 Å². The molecule has 1 fully saturated rings. The maximum absolute atomic E-state index is 12.1. The predicted molar refractivity (Wildman–Crippen MR) is 97.3 cm³/mol. The number of H-pyrrole nitrogens is 1. The van der Waals surface area contributed by atoms with Crippen LogP contribution in [0.15, 0.2) is 46.1 Å². The minimum atomic E-state index is -0.836. The van der Waals surface area contributed by atoms with Gasteiger partial charge < -0.3 is 15.2 Å². The van der Waals surface area contributed by atoms with E-state index in [1.165, 1.54) is 10.8 Å². The van der Waals surface area contributed by atoms with Gasteiger partial charge in [0.1, 0.15) is 12.3 Å². The fourth-order valence-electron chi connectivity index (χ4n) is 2.63. The second kappa shape index (κ2) is 7.50. The Morgan fingerprint density at radius 3 is 2.80 bits per heavy atom. The molecule has 0 radical (unpaired) electrons. The number of carbonyl (C=O) groups excluding carboxylic acids is 1. The Balaban J connectivity index is 1.66. The molecule has 0 aliphatic carbocycles. The lowest BCUT2D eigenvalue weighted by atomic mass is 10.1. The summed E-state index contributed by atoms with van der Waals surface area (Å²) < 4.78 is 7.28. The van der Waals surface area contributed by atoms with Gasteiger partial charge in [0, 0.05) is 24.7 Å². The van der Waals surface area contributed by atoms with Crippen molar-refractivity contribution < 1.29 is 14.6 Å². The Kier molecular flexibility index (Phi) is 5.35. The first-order valence-electron chi connectivity index (χ1n) is 7.63. The zero-order valence-corrected chi connectivity index (χ0v) is 15.2. The maximum atomic E-state index is 12.1. The fraction of sp³-hybridized carbons (Fsp3) is 0.312. The molecule has 0 bridgehead atoms. The Bertz CT molecular complexity index is 879. The Hall–Kier alpha value is -1.98. The van der Waals surface area contributed by atoms with E-state index >= 15 is 0 Å². The molecule has 0 spiro atoms. The third-order valence-corrected chi connectivity index (χ3v) is 4.71. The quantitative estimate of drug-likeness (QED) is 0.569. The van der Waals surface area contributed by atoms with E-state index in [2.05, 4.69) is 10.3 Å². The number of benzene rings is 1. The van der Waals surface area contributed by atoms with Crippen LogP contribution in [0.3, 0.4) is 0 Å². The number of nitrogens with one attached hydrogen (secondary N) is 2. The maximum Gasteiger partial charge on any atom is 0.330 e. The number of aliphatic hydroxyl groups excluding tert-OH is 1. The van der Waals surface area contributed by atoms with E-state index in [1.807, 2.05) is 28.7 Å². The fourth-order valence-corrected chi connectivity index (χ4v) is 3.06. The summed E-state index contributed by atoms with van der Waals surface area (Å²) in [6, 6.07) is 8.71. The van der Waals surface area contributed by atoms with Gasteiger partial charge in [-0.2, -0.15) is 0 Å². The molecule has 0 saturated carbocycles. The molecule has 8 nitrogen and oxygen atoms in total. The summed E-state index contributed by atoms with van der Waals surface area (Å²) >= 11 is 1.82. The highest BCUT2D eigenvalue weighted by Gasteiger charge is 2.35. The molecular weight excluding hydrogens is 441 g/mol. The molecule has 3 N–H and O–H groups in total. The number of hydrogen-bond acceptors (Lipinski definition) is 5.